The van der Waals surface area contributed by atoms with Crippen molar-refractivity contribution < 1.29 is 9.53 Å². The minimum Gasteiger partial charge on any atom is -0.497 e. The summed E-state index contributed by atoms with van der Waals surface area (Å²) in [7, 11) is 1.68. The number of aromatic nitrogens is 1. The number of nitrogens with zero attached hydrogens (tertiary/aromatic N) is 2. The van der Waals surface area contributed by atoms with Gasteiger partial charge in [-0.05, 0) is 49.2 Å². The maximum absolute atomic E-state index is 13.0. The van der Waals surface area contributed by atoms with Gasteiger partial charge in [0, 0.05) is 31.0 Å². The Morgan fingerprint density at radius 1 is 1.10 bits per heavy atom. The molecular weight excluding hydrogens is 386 g/mol. The van der Waals surface area contributed by atoms with E-state index >= 15 is 0 Å². The number of rotatable bonds is 2. The molecule has 6 heteroatoms. The SMILES string of the molecule is COc1ccc2c(c1)NC1(CCN(C(=O)c3ccccc3Cl)CC1)c1cccn1-2. The molecule has 148 valence electrons. The van der Waals surface area contributed by atoms with Crippen LogP contribution in [0.4, 0.5) is 5.69 Å². The van der Waals surface area contributed by atoms with Crippen molar-refractivity contribution in [2.24, 2.45) is 0 Å². The molecule has 0 saturated carbocycles. The number of piperidine rings is 1. The second-order valence-corrected chi connectivity index (χ2v) is 8.03. The summed E-state index contributed by atoms with van der Waals surface area (Å²) in [5.74, 6) is 0.826. The predicted molar refractivity (Wildman–Crippen MR) is 114 cm³/mol. The van der Waals surface area contributed by atoms with Crippen LogP contribution in [-0.2, 0) is 5.54 Å². The van der Waals surface area contributed by atoms with Gasteiger partial charge in [0.2, 0.25) is 0 Å². The van der Waals surface area contributed by atoms with Crippen LogP contribution in [0, 0.1) is 0 Å². The van der Waals surface area contributed by atoms with E-state index in [1.165, 1.54) is 5.69 Å². The van der Waals surface area contributed by atoms with Crippen LogP contribution in [0.3, 0.4) is 0 Å². The average Bonchev–Trinajstić information content (AvgIpc) is 3.25. The summed E-state index contributed by atoms with van der Waals surface area (Å²) in [6.07, 6.45) is 3.75. The van der Waals surface area contributed by atoms with Crippen molar-refractivity contribution in [1.82, 2.24) is 9.47 Å². The Bertz CT molecular complexity index is 1080. The smallest absolute Gasteiger partial charge is 0.255 e. The molecule has 29 heavy (non-hydrogen) atoms. The third kappa shape index (κ3) is 2.88. The minimum atomic E-state index is -0.208. The molecular formula is C23H22ClN3O2. The number of likely N-dealkylation sites (tertiary alicyclic amines) is 1. The zero-order valence-electron chi connectivity index (χ0n) is 16.2. The maximum Gasteiger partial charge on any atom is 0.255 e. The molecule has 1 N–H and O–H groups in total. The van der Waals surface area contributed by atoms with Crippen LogP contribution in [0.5, 0.6) is 5.75 Å². The third-order valence-electron chi connectivity index (χ3n) is 6.08. The normalized spacial score (nSPS) is 16.7. The second-order valence-electron chi connectivity index (χ2n) is 7.63. The average molecular weight is 408 g/mol. The Hall–Kier alpha value is -2.92. The topological polar surface area (TPSA) is 46.5 Å². The summed E-state index contributed by atoms with van der Waals surface area (Å²) in [4.78, 5) is 14.9. The molecule has 1 spiro atoms. The van der Waals surface area contributed by atoms with Gasteiger partial charge in [-0.3, -0.25) is 4.79 Å². The summed E-state index contributed by atoms with van der Waals surface area (Å²) in [5.41, 5.74) is 3.77. The Morgan fingerprint density at radius 3 is 2.66 bits per heavy atom. The van der Waals surface area contributed by atoms with Gasteiger partial charge in [-0.15, -0.1) is 0 Å². The summed E-state index contributed by atoms with van der Waals surface area (Å²) in [6, 6.07) is 17.6. The molecule has 1 fully saturated rings. The first-order valence-corrected chi connectivity index (χ1v) is 10.2. The third-order valence-corrected chi connectivity index (χ3v) is 6.41. The van der Waals surface area contributed by atoms with Crippen LogP contribution in [-0.4, -0.2) is 35.6 Å². The van der Waals surface area contributed by atoms with Crippen LogP contribution in [0.2, 0.25) is 5.02 Å². The fraction of sp³-hybridized carbons (Fsp3) is 0.261. The largest absolute Gasteiger partial charge is 0.497 e. The molecule has 0 radical (unpaired) electrons. The lowest BCUT2D eigenvalue weighted by molar-refractivity contribution is 0.0676. The molecule has 0 atom stereocenters. The van der Waals surface area contributed by atoms with Gasteiger partial charge >= 0.3 is 0 Å². The van der Waals surface area contributed by atoms with E-state index in [4.69, 9.17) is 16.3 Å². The van der Waals surface area contributed by atoms with Gasteiger partial charge in [0.05, 0.1) is 34.6 Å². The van der Waals surface area contributed by atoms with Crippen molar-refractivity contribution in [3.8, 4) is 11.4 Å². The van der Waals surface area contributed by atoms with Gasteiger partial charge in [0.25, 0.3) is 5.91 Å². The lowest BCUT2D eigenvalue weighted by Gasteiger charge is -2.46. The minimum absolute atomic E-state index is 0.00119. The molecule has 3 aromatic rings. The van der Waals surface area contributed by atoms with Gasteiger partial charge in [-0.25, -0.2) is 0 Å². The summed E-state index contributed by atoms with van der Waals surface area (Å²) < 4.78 is 7.67. The summed E-state index contributed by atoms with van der Waals surface area (Å²) in [5, 5.41) is 4.28. The number of methoxy groups -OCH3 is 1. The molecule has 2 aliphatic heterocycles. The number of ether oxygens (including phenoxy) is 1. The Kier molecular flexibility index (Phi) is 4.28. The zero-order valence-corrected chi connectivity index (χ0v) is 16.9. The van der Waals surface area contributed by atoms with Gasteiger partial charge in [-0.2, -0.15) is 0 Å². The highest BCUT2D eigenvalue weighted by Gasteiger charge is 2.42. The molecule has 1 aromatic heterocycles. The van der Waals surface area contributed by atoms with Gasteiger partial charge in [0.15, 0.2) is 0 Å². The van der Waals surface area contributed by atoms with Crippen LogP contribution in [0.15, 0.2) is 60.8 Å². The molecule has 5 rings (SSSR count). The Labute approximate surface area is 174 Å². The van der Waals surface area contributed by atoms with E-state index in [1.54, 1.807) is 19.2 Å². The number of anilines is 1. The molecule has 1 amide bonds. The molecule has 3 heterocycles. The predicted octanol–water partition coefficient (Wildman–Crippen LogP) is 4.70. The zero-order chi connectivity index (χ0) is 20.0. The lowest BCUT2D eigenvalue weighted by Crippen LogP contribution is -2.51. The van der Waals surface area contributed by atoms with Crippen LogP contribution >= 0.6 is 11.6 Å². The van der Waals surface area contributed by atoms with Crippen LogP contribution < -0.4 is 10.1 Å². The molecule has 5 nitrogen and oxygen atoms in total. The van der Waals surface area contributed by atoms with E-state index in [0.717, 1.165) is 30.0 Å². The number of nitrogens with one attached hydrogen (secondary N) is 1. The molecule has 2 aromatic carbocycles. The van der Waals surface area contributed by atoms with Crippen molar-refractivity contribution in [3.63, 3.8) is 0 Å². The monoisotopic (exact) mass is 407 g/mol. The maximum atomic E-state index is 13.0. The highest BCUT2D eigenvalue weighted by atomic mass is 35.5. The first-order valence-electron chi connectivity index (χ1n) is 9.79. The number of hydrogen-bond acceptors (Lipinski definition) is 3. The number of benzene rings is 2. The number of carbonyl (C=O) groups excluding carboxylic acids is 1. The van der Waals surface area contributed by atoms with Crippen molar-refractivity contribution >= 4 is 23.2 Å². The van der Waals surface area contributed by atoms with Crippen molar-refractivity contribution in [1.29, 1.82) is 0 Å². The first kappa shape index (κ1) is 18.1. The van der Waals surface area contributed by atoms with E-state index in [9.17, 15) is 4.79 Å². The molecule has 1 saturated heterocycles. The standard InChI is InChI=1S/C23H22ClN3O2/c1-29-16-8-9-20-19(15-16)25-23(21-7-4-12-27(20)21)10-13-26(14-11-23)22(28)17-5-2-3-6-18(17)24/h2-9,12,15,25H,10-11,13-14H2,1H3. The molecule has 0 unspecified atom stereocenters. The highest BCUT2D eigenvalue weighted by Crippen LogP contribution is 2.44. The quantitative estimate of drug-likeness (QED) is 0.670. The number of carbonyl (C=O) groups is 1. The number of hydrogen-bond donors (Lipinski definition) is 1. The molecule has 0 aliphatic carbocycles. The molecule has 0 bridgehead atoms. The van der Waals surface area contributed by atoms with Crippen LogP contribution in [0.1, 0.15) is 28.9 Å². The van der Waals surface area contributed by atoms with E-state index in [-0.39, 0.29) is 11.4 Å². The van der Waals surface area contributed by atoms with Gasteiger partial charge in [0.1, 0.15) is 5.75 Å². The second kappa shape index (κ2) is 6.85. The first-order chi connectivity index (χ1) is 14.1. The van der Waals surface area contributed by atoms with Crippen molar-refractivity contribution in [2.75, 3.05) is 25.5 Å². The van der Waals surface area contributed by atoms with E-state index in [1.807, 2.05) is 29.2 Å². The summed E-state index contributed by atoms with van der Waals surface area (Å²) >= 11 is 6.24. The number of fused-ring (bicyclic) bond motifs is 4. The van der Waals surface area contributed by atoms with E-state index < -0.39 is 0 Å². The number of halogens is 1. The van der Waals surface area contributed by atoms with Gasteiger partial charge < -0.3 is 19.5 Å². The van der Waals surface area contributed by atoms with Crippen LogP contribution in [0.25, 0.3) is 5.69 Å². The number of amides is 1. The fourth-order valence-electron chi connectivity index (χ4n) is 4.53. The Balaban J connectivity index is 1.43. The van der Waals surface area contributed by atoms with Crippen molar-refractivity contribution in [2.45, 2.75) is 18.4 Å². The fourth-order valence-corrected chi connectivity index (χ4v) is 4.75. The van der Waals surface area contributed by atoms with E-state index in [2.05, 4.69) is 34.3 Å². The van der Waals surface area contributed by atoms with Crippen molar-refractivity contribution in [3.05, 3.63) is 77.1 Å². The molecule has 2 aliphatic rings. The Morgan fingerprint density at radius 2 is 1.90 bits per heavy atom. The van der Waals surface area contributed by atoms with E-state index in [0.29, 0.717) is 23.7 Å². The summed E-state index contributed by atoms with van der Waals surface area (Å²) in [6.45, 7) is 1.34. The lowest BCUT2D eigenvalue weighted by atomic mass is 9.82. The highest BCUT2D eigenvalue weighted by molar-refractivity contribution is 6.33. The van der Waals surface area contributed by atoms with Gasteiger partial charge in [-0.1, -0.05) is 23.7 Å².